The third kappa shape index (κ3) is 6.71. The predicted molar refractivity (Wildman–Crippen MR) is 141 cm³/mol. The molecule has 1 aromatic heterocycles. The van der Waals surface area contributed by atoms with Gasteiger partial charge in [-0.2, -0.15) is 0 Å². The number of esters is 1. The summed E-state index contributed by atoms with van der Waals surface area (Å²) in [4.78, 5) is 36.7. The Bertz CT molecular complexity index is 1200. The number of hydrogen-bond donors (Lipinski definition) is 4. The van der Waals surface area contributed by atoms with E-state index in [1.54, 1.807) is 6.07 Å². The summed E-state index contributed by atoms with van der Waals surface area (Å²) in [6, 6.07) is 18.1. The van der Waals surface area contributed by atoms with Crippen molar-refractivity contribution in [2.75, 3.05) is 5.32 Å². The number of nitrogens with two attached hydrogens (primary N) is 2. The number of urea groups is 1. The molecule has 36 heavy (non-hydrogen) atoms. The van der Waals surface area contributed by atoms with Crippen molar-refractivity contribution in [3.05, 3.63) is 77.4 Å². The average molecular weight is 507 g/mol. The molecule has 1 aliphatic rings. The van der Waals surface area contributed by atoms with Crippen molar-refractivity contribution in [2.45, 2.75) is 50.8 Å². The summed E-state index contributed by atoms with van der Waals surface area (Å²) in [5.74, 6) is -0.856. The molecular formula is C27H30N4O4S. The van der Waals surface area contributed by atoms with E-state index in [1.165, 1.54) is 11.3 Å². The third-order valence-corrected chi connectivity index (χ3v) is 7.28. The molecule has 0 aliphatic heterocycles. The highest BCUT2D eigenvalue weighted by molar-refractivity contribution is 7.20. The van der Waals surface area contributed by atoms with Crippen LogP contribution in [0, 0.1) is 0 Å². The van der Waals surface area contributed by atoms with Gasteiger partial charge in [-0.15, -0.1) is 11.3 Å². The van der Waals surface area contributed by atoms with Gasteiger partial charge in [0.1, 0.15) is 17.1 Å². The smallest absolute Gasteiger partial charge is 0.323 e. The summed E-state index contributed by atoms with van der Waals surface area (Å²) in [6.07, 6.45) is 4.63. The van der Waals surface area contributed by atoms with Crippen molar-refractivity contribution in [3.63, 3.8) is 0 Å². The van der Waals surface area contributed by atoms with Crippen LogP contribution in [0.3, 0.4) is 0 Å². The summed E-state index contributed by atoms with van der Waals surface area (Å²) >= 11 is 1.22. The lowest BCUT2D eigenvalue weighted by atomic mass is 10.0. The molecule has 2 aromatic carbocycles. The van der Waals surface area contributed by atoms with Gasteiger partial charge in [0.2, 0.25) is 0 Å². The Morgan fingerprint density at radius 2 is 1.67 bits per heavy atom. The maximum Gasteiger partial charge on any atom is 0.323 e. The van der Waals surface area contributed by atoms with Crippen LogP contribution in [0.5, 0.6) is 0 Å². The number of carbonyl (C=O) groups excluding carboxylic acids is 3. The number of carbonyl (C=O) groups is 3. The minimum Gasteiger partial charge on any atom is -0.461 e. The van der Waals surface area contributed by atoms with Gasteiger partial charge < -0.3 is 21.5 Å². The van der Waals surface area contributed by atoms with Crippen LogP contribution in [0.25, 0.3) is 10.4 Å². The number of nitrogens with one attached hydrogen (secondary N) is 2. The number of benzene rings is 2. The second kappa shape index (κ2) is 11.8. The zero-order chi connectivity index (χ0) is 25.5. The van der Waals surface area contributed by atoms with Crippen LogP contribution in [0.4, 0.5) is 9.80 Å². The molecule has 1 heterocycles. The largest absolute Gasteiger partial charge is 0.461 e. The first-order chi connectivity index (χ1) is 17.4. The third-order valence-electron chi connectivity index (χ3n) is 6.18. The number of amides is 3. The van der Waals surface area contributed by atoms with Crippen LogP contribution in [0.1, 0.15) is 47.2 Å². The Labute approximate surface area is 214 Å². The van der Waals surface area contributed by atoms with E-state index < -0.39 is 18.0 Å². The van der Waals surface area contributed by atoms with Gasteiger partial charge in [-0.3, -0.25) is 14.9 Å². The Morgan fingerprint density at radius 3 is 2.31 bits per heavy atom. The molecule has 3 amide bonds. The van der Waals surface area contributed by atoms with Gasteiger partial charge in [0.25, 0.3) is 5.91 Å². The normalized spacial score (nSPS) is 14.3. The number of hydrogen-bond acceptors (Lipinski definition) is 6. The van der Waals surface area contributed by atoms with Crippen molar-refractivity contribution in [3.8, 4) is 10.4 Å². The number of anilines is 1. The zero-order valence-corrected chi connectivity index (χ0v) is 20.7. The molecule has 0 unspecified atom stereocenters. The van der Waals surface area contributed by atoms with Gasteiger partial charge in [0, 0.05) is 11.4 Å². The fourth-order valence-electron chi connectivity index (χ4n) is 4.29. The van der Waals surface area contributed by atoms with Crippen LogP contribution in [-0.4, -0.2) is 30.1 Å². The van der Waals surface area contributed by atoms with Gasteiger partial charge in [0.05, 0.1) is 5.56 Å². The minimum atomic E-state index is -0.760. The van der Waals surface area contributed by atoms with E-state index in [9.17, 15) is 14.4 Å². The van der Waals surface area contributed by atoms with Gasteiger partial charge in [-0.05, 0) is 54.9 Å². The quantitative estimate of drug-likeness (QED) is 0.306. The molecule has 6 N–H and O–H groups in total. The summed E-state index contributed by atoms with van der Waals surface area (Å²) in [5, 5.41) is 6.14. The molecule has 188 valence electrons. The molecule has 9 heteroatoms. The standard InChI is InChI=1S/C27H30N4O4S/c28-24(32)21-15-23(36-25(21)31-27(29)34)19-12-10-18(11-13-19)16-30-22(14-17-6-2-1-3-7-17)26(33)35-20-8-4-5-9-20/h1-3,6-7,10-13,15,20,22,30H,4-5,8-9,14,16H2,(H2,28,32)(H3,29,31,34)/t22-/m0/s1. The van der Waals surface area contributed by atoms with Crippen LogP contribution in [-0.2, 0) is 22.5 Å². The predicted octanol–water partition coefficient (Wildman–Crippen LogP) is 4.19. The van der Waals surface area contributed by atoms with Crippen molar-refractivity contribution in [2.24, 2.45) is 11.5 Å². The maximum absolute atomic E-state index is 13.0. The highest BCUT2D eigenvalue weighted by atomic mass is 32.1. The van der Waals surface area contributed by atoms with Crippen LogP contribution < -0.4 is 22.1 Å². The Kier molecular flexibility index (Phi) is 8.35. The molecule has 1 fully saturated rings. The highest BCUT2D eigenvalue weighted by Crippen LogP contribution is 2.35. The number of ether oxygens (including phenoxy) is 1. The second-order valence-electron chi connectivity index (χ2n) is 8.87. The van der Waals surface area contributed by atoms with Crippen molar-refractivity contribution < 1.29 is 19.1 Å². The summed E-state index contributed by atoms with van der Waals surface area (Å²) in [6.45, 7) is 0.489. The van der Waals surface area contributed by atoms with E-state index in [0.717, 1.165) is 47.3 Å². The van der Waals surface area contributed by atoms with E-state index in [-0.39, 0.29) is 17.6 Å². The molecule has 1 atom stereocenters. The Morgan fingerprint density at radius 1 is 0.972 bits per heavy atom. The van der Waals surface area contributed by atoms with Crippen molar-refractivity contribution >= 4 is 34.2 Å². The molecule has 3 aromatic rings. The van der Waals surface area contributed by atoms with E-state index in [4.69, 9.17) is 16.2 Å². The van der Waals surface area contributed by atoms with Crippen LogP contribution >= 0.6 is 11.3 Å². The van der Waals surface area contributed by atoms with Gasteiger partial charge >= 0.3 is 12.0 Å². The van der Waals surface area contributed by atoms with Gasteiger partial charge in [-0.1, -0.05) is 54.6 Å². The first-order valence-corrected chi connectivity index (χ1v) is 12.8. The average Bonchev–Trinajstić information content (AvgIpc) is 3.52. The highest BCUT2D eigenvalue weighted by Gasteiger charge is 2.25. The molecule has 4 rings (SSSR count). The van der Waals surface area contributed by atoms with E-state index in [0.29, 0.717) is 18.0 Å². The first kappa shape index (κ1) is 25.4. The van der Waals surface area contributed by atoms with Crippen LogP contribution in [0.2, 0.25) is 0 Å². The molecule has 1 aliphatic carbocycles. The molecule has 1 saturated carbocycles. The Hall–Kier alpha value is -3.69. The van der Waals surface area contributed by atoms with Crippen molar-refractivity contribution in [1.82, 2.24) is 5.32 Å². The van der Waals surface area contributed by atoms with Gasteiger partial charge in [0.15, 0.2) is 0 Å². The molecular weight excluding hydrogens is 476 g/mol. The van der Waals surface area contributed by atoms with Gasteiger partial charge in [-0.25, -0.2) is 4.79 Å². The number of rotatable bonds is 10. The summed E-state index contributed by atoms with van der Waals surface area (Å²) in [5.41, 5.74) is 13.8. The lowest BCUT2D eigenvalue weighted by Gasteiger charge is -2.20. The zero-order valence-electron chi connectivity index (χ0n) is 19.9. The monoisotopic (exact) mass is 506 g/mol. The maximum atomic E-state index is 13.0. The summed E-state index contributed by atoms with van der Waals surface area (Å²) in [7, 11) is 0. The van der Waals surface area contributed by atoms with Crippen molar-refractivity contribution in [1.29, 1.82) is 0 Å². The fourth-order valence-corrected chi connectivity index (χ4v) is 5.36. The minimum absolute atomic E-state index is 0.0156. The van der Waals surface area contributed by atoms with E-state index in [2.05, 4.69) is 10.6 Å². The fraction of sp³-hybridized carbons (Fsp3) is 0.296. The Balaban J connectivity index is 1.44. The summed E-state index contributed by atoms with van der Waals surface area (Å²) < 4.78 is 5.79. The lowest BCUT2D eigenvalue weighted by Crippen LogP contribution is -2.40. The molecule has 0 spiro atoms. The topological polar surface area (TPSA) is 137 Å². The van der Waals surface area contributed by atoms with Crippen LogP contribution in [0.15, 0.2) is 60.7 Å². The molecule has 8 nitrogen and oxygen atoms in total. The molecule has 0 bridgehead atoms. The van der Waals surface area contributed by atoms with E-state index in [1.807, 2.05) is 54.6 Å². The second-order valence-corrected chi connectivity index (χ2v) is 9.92. The lowest BCUT2D eigenvalue weighted by molar-refractivity contribution is -0.151. The number of primary amides is 2. The molecule has 0 saturated heterocycles. The number of thiophene rings is 1. The van der Waals surface area contributed by atoms with E-state index >= 15 is 0 Å². The SMILES string of the molecule is NC(=O)Nc1sc(-c2ccc(CN[C@@H](Cc3ccccc3)C(=O)OC3CCCC3)cc2)cc1C(N)=O. The first-order valence-electron chi connectivity index (χ1n) is 12.0. The molecule has 0 radical (unpaired) electrons.